The van der Waals surface area contributed by atoms with E-state index in [0.29, 0.717) is 19.5 Å². The lowest BCUT2D eigenvalue weighted by Crippen LogP contribution is -2.36. The zero-order chi connectivity index (χ0) is 15.2. The van der Waals surface area contributed by atoms with Crippen LogP contribution in [-0.2, 0) is 11.3 Å². The molecule has 1 aromatic rings. The largest absolute Gasteiger partial charge is 0.393 e. The van der Waals surface area contributed by atoms with Crippen molar-refractivity contribution in [3.63, 3.8) is 0 Å². The molecule has 1 heterocycles. The van der Waals surface area contributed by atoms with Gasteiger partial charge < -0.3 is 15.0 Å². The minimum atomic E-state index is -0.384. The maximum absolute atomic E-state index is 11.8. The van der Waals surface area contributed by atoms with Gasteiger partial charge in [-0.1, -0.05) is 19.9 Å². The van der Waals surface area contributed by atoms with E-state index in [4.69, 9.17) is 0 Å². The van der Waals surface area contributed by atoms with Gasteiger partial charge in [-0.2, -0.15) is 0 Å². The van der Waals surface area contributed by atoms with Gasteiger partial charge >= 0.3 is 0 Å². The Balaban J connectivity index is 2.38. The van der Waals surface area contributed by atoms with E-state index in [9.17, 15) is 14.7 Å². The summed E-state index contributed by atoms with van der Waals surface area (Å²) in [4.78, 5) is 23.2. The monoisotopic (exact) mass is 280 g/mol. The van der Waals surface area contributed by atoms with E-state index in [1.54, 1.807) is 25.3 Å². The van der Waals surface area contributed by atoms with Crippen LogP contribution < -0.4 is 10.9 Å². The highest BCUT2D eigenvalue weighted by atomic mass is 16.3. The molecule has 0 aliphatic heterocycles. The average Bonchev–Trinajstić information content (AvgIpc) is 2.34. The number of aliphatic hydroxyl groups is 1. The van der Waals surface area contributed by atoms with Gasteiger partial charge in [0.25, 0.3) is 5.56 Å². The van der Waals surface area contributed by atoms with Gasteiger partial charge in [0.05, 0.1) is 6.10 Å². The number of amides is 1. The molecule has 0 spiro atoms. The summed E-state index contributed by atoms with van der Waals surface area (Å²) in [7, 11) is 0. The highest BCUT2D eigenvalue weighted by Crippen LogP contribution is 2.20. The van der Waals surface area contributed by atoms with Crippen LogP contribution in [0.3, 0.4) is 0 Å². The molecule has 0 bridgehead atoms. The molecule has 0 fully saturated rings. The number of pyridine rings is 1. The van der Waals surface area contributed by atoms with Gasteiger partial charge in [0, 0.05) is 31.8 Å². The predicted octanol–water partition coefficient (Wildman–Crippen LogP) is 1.15. The number of carbonyl (C=O) groups excluding carboxylic acids is 1. The fourth-order valence-electron chi connectivity index (χ4n) is 2.17. The highest BCUT2D eigenvalue weighted by molar-refractivity contribution is 5.75. The van der Waals surface area contributed by atoms with Crippen LogP contribution in [0.25, 0.3) is 0 Å². The van der Waals surface area contributed by atoms with Gasteiger partial charge in [-0.25, -0.2) is 0 Å². The number of rotatable bonds is 7. The maximum atomic E-state index is 11.8. The van der Waals surface area contributed by atoms with Gasteiger partial charge in [-0.05, 0) is 24.8 Å². The van der Waals surface area contributed by atoms with Crippen LogP contribution in [0.15, 0.2) is 29.2 Å². The van der Waals surface area contributed by atoms with Crippen LogP contribution in [-0.4, -0.2) is 28.2 Å². The number of aromatic nitrogens is 1. The van der Waals surface area contributed by atoms with E-state index in [1.807, 2.05) is 13.8 Å². The summed E-state index contributed by atoms with van der Waals surface area (Å²) in [6, 6.07) is 4.92. The lowest BCUT2D eigenvalue weighted by molar-refractivity contribution is -0.121. The molecule has 1 amide bonds. The second-order valence-electron chi connectivity index (χ2n) is 5.98. The van der Waals surface area contributed by atoms with Crippen LogP contribution in [0.5, 0.6) is 0 Å². The first-order valence-corrected chi connectivity index (χ1v) is 6.90. The maximum Gasteiger partial charge on any atom is 0.250 e. The fourth-order valence-corrected chi connectivity index (χ4v) is 2.17. The fraction of sp³-hybridized carbons (Fsp3) is 0.600. The van der Waals surface area contributed by atoms with Crippen molar-refractivity contribution in [3.05, 3.63) is 34.7 Å². The molecule has 0 saturated carbocycles. The van der Waals surface area contributed by atoms with Crippen molar-refractivity contribution >= 4 is 5.91 Å². The zero-order valence-corrected chi connectivity index (χ0v) is 12.4. The second-order valence-corrected chi connectivity index (χ2v) is 5.98. The molecule has 1 atom stereocenters. The van der Waals surface area contributed by atoms with E-state index in [0.717, 1.165) is 0 Å². The summed E-state index contributed by atoms with van der Waals surface area (Å²) in [6.07, 6.45) is 2.19. The number of nitrogens with one attached hydrogen (secondary N) is 1. The Hall–Kier alpha value is -1.62. The van der Waals surface area contributed by atoms with Gasteiger partial charge in [-0.3, -0.25) is 9.59 Å². The summed E-state index contributed by atoms with van der Waals surface area (Å²) >= 11 is 0. The minimum absolute atomic E-state index is 0.0839. The molecule has 20 heavy (non-hydrogen) atoms. The van der Waals surface area contributed by atoms with Gasteiger partial charge in [0.1, 0.15) is 0 Å². The Morgan fingerprint density at radius 3 is 2.75 bits per heavy atom. The standard InChI is InChI=1S/C15H24N2O3/c1-12(18)10-15(2,3)11-16-13(19)7-9-17-8-5-4-6-14(17)20/h4-6,8,12,18H,7,9-11H2,1-3H3,(H,16,19). The van der Waals surface area contributed by atoms with E-state index >= 15 is 0 Å². The van der Waals surface area contributed by atoms with E-state index in [1.165, 1.54) is 10.6 Å². The molecule has 1 unspecified atom stereocenters. The van der Waals surface area contributed by atoms with Crippen molar-refractivity contribution < 1.29 is 9.90 Å². The van der Waals surface area contributed by atoms with E-state index in [-0.39, 0.29) is 29.4 Å². The SMILES string of the molecule is CC(O)CC(C)(C)CNC(=O)CCn1ccccc1=O. The highest BCUT2D eigenvalue weighted by Gasteiger charge is 2.20. The van der Waals surface area contributed by atoms with Crippen molar-refractivity contribution in [3.8, 4) is 0 Å². The Labute approximate surface area is 119 Å². The number of nitrogens with zero attached hydrogens (tertiary/aromatic N) is 1. The lowest BCUT2D eigenvalue weighted by Gasteiger charge is -2.26. The smallest absolute Gasteiger partial charge is 0.250 e. The quantitative estimate of drug-likeness (QED) is 0.787. The molecular formula is C15H24N2O3. The molecule has 5 nitrogen and oxygen atoms in total. The molecule has 1 rings (SSSR count). The molecular weight excluding hydrogens is 256 g/mol. The van der Waals surface area contributed by atoms with Crippen LogP contribution in [0, 0.1) is 5.41 Å². The number of hydrogen-bond acceptors (Lipinski definition) is 3. The minimum Gasteiger partial charge on any atom is -0.393 e. The lowest BCUT2D eigenvalue weighted by atomic mass is 9.87. The summed E-state index contributed by atoms with van der Waals surface area (Å²) in [5.74, 6) is -0.0839. The number of carbonyl (C=O) groups is 1. The number of aliphatic hydroxyl groups excluding tert-OH is 1. The predicted molar refractivity (Wildman–Crippen MR) is 78.4 cm³/mol. The third-order valence-electron chi connectivity index (χ3n) is 3.09. The first kappa shape index (κ1) is 16.4. The van der Waals surface area contributed by atoms with Crippen LogP contribution >= 0.6 is 0 Å². The molecule has 5 heteroatoms. The summed E-state index contributed by atoms with van der Waals surface area (Å²) in [5.41, 5.74) is -0.248. The third kappa shape index (κ3) is 6.02. The van der Waals surface area contributed by atoms with Gasteiger partial charge in [0.15, 0.2) is 0 Å². The first-order valence-electron chi connectivity index (χ1n) is 6.90. The molecule has 0 aliphatic rings. The Morgan fingerprint density at radius 2 is 2.15 bits per heavy atom. The van der Waals surface area contributed by atoms with Crippen LogP contribution in [0.4, 0.5) is 0 Å². The molecule has 0 aliphatic carbocycles. The van der Waals surface area contributed by atoms with Gasteiger partial charge in [0.2, 0.25) is 5.91 Å². The average molecular weight is 280 g/mol. The van der Waals surface area contributed by atoms with Gasteiger partial charge in [-0.15, -0.1) is 0 Å². The van der Waals surface area contributed by atoms with Crippen molar-refractivity contribution in [1.82, 2.24) is 9.88 Å². The number of hydrogen-bond donors (Lipinski definition) is 2. The van der Waals surface area contributed by atoms with Crippen molar-refractivity contribution in [2.45, 2.75) is 46.3 Å². The molecule has 112 valence electrons. The molecule has 0 aromatic carbocycles. The molecule has 1 aromatic heterocycles. The summed E-state index contributed by atoms with van der Waals surface area (Å²) in [6.45, 7) is 6.64. The second kappa shape index (κ2) is 7.24. The van der Waals surface area contributed by atoms with Crippen molar-refractivity contribution in [2.24, 2.45) is 5.41 Å². The summed E-state index contributed by atoms with van der Waals surface area (Å²) in [5, 5.41) is 12.2. The Morgan fingerprint density at radius 1 is 1.45 bits per heavy atom. The van der Waals surface area contributed by atoms with Crippen LogP contribution in [0.2, 0.25) is 0 Å². The zero-order valence-electron chi connectivity index (χ0n) is 12.4. The number of aryl methyl sites for hydroxylation is 1. The van der Waals surface area contributed by atoms with Crippen LogP contribution in [0.1, 0.15) is 33.6 Å². The van der Waals surface area contributed by atoms with E-state index in [2.05, 4.69) is 5.32 Å². The molecule has 0 radical (unpaired) electrons. The Bertz CT molecular complexity index is 492. The van der Waals surface area contributed by atoms with Crippen molar-refractivity contribution in [1.29, 1.82) is 0 Å². The topological polar surface area (TPSA) is 71.3 Å². The normalized spacial score (nSPS) is 13.0. The Kier molecular flexibility index (Phi) is 5.95. The summed E-state index contributed by atoms with van der Waals surface area (Å²) < 4.78 is 1.51. The molecule has 2 N–H and O–H groups in total. The third-order valence-corrected chi connectivity index (χ3v) is 3.09. The first-order chi connectivity index (χ1) is 9.30. The van der Waals surface area contributed by atoms with E-state index < -0.39 is 0 Å². The molecule has 0 saturated heterocycles. The van der Waals surface area contributed by atoms with Crippen molar-refractivity contribution in [2.75, 3.05) is 6.54 Å².